The molecule has 2 fully saturated rings. The second-order valence-electron chi connectivity index (χ2n) is 9.39. The number of fused-ring (bicyclic) bond motifs is 3. The standard InChI is InChI=1S/C26H26BrF2N5O/c27-21-14-22-20(13-24(21)35-9-3-8-33-6-1-2-7-33)25-23(34(22)19-4-5-19)15-30-32-26(25)31-18-11-16(28)10-17(29)12-18/h10-15,19H,1-9H2,(H,31,32). The fraction of sp³-hybridized carbons (Fsp3) is 0.385. The number of rotatable bonds is 8. The number of nitrogens with zero attached hydrogens (tertiary/aromatic N) is 4. The average Bonchev–Trinajstić information content (AvgIpc) is 3.41. The van der Waals surface area contributed by atoms with E-state index in [-0.39, 0.29) is 5.69 Å². The van der Waals surface area contributed by atoms with Crippen molar-refractivity contribution in [3.8, 4) is 5.75 Å². The van der Waals surface area contributed by atoms with Crippen LogP contribution in [0, 0.1) is 11.6 Å². The van der Waals surface area contributed by atoms with E-state index in [1.54, 1.807) is 6.20 Å². The lowest BCUT2D eigenvalue weighted by Crippen LogP contribution is -2.21. The second kappa shape index (κ2) is 9.35. The topological polar surface area (TPSA) is 55.2 Å². The first-order valence-electron chi connectivity index (χ1n) is 12.1. The summed E-state index contributed by atoms with van der Waals surface area (Å²) in [6.45, 7) is 4.05. The summed E-state index contributed by atoms with van der Waals surface area (Å²) in [6.07, 6.45) is 7.51. The number of benzene rings is 2. The molecule has 1 aliphatic carbocycles. The Hall–Kier alpha value is -2.78. The third-order valence-electron chi connectivity index (χ3n) is 6.78. The number of hydrogen-bond acceptors (Lipinski definition) is 5. The quantitative estimate of drug-likeness (QED) is 0.256. The molecule has 1 saturated heterocycles. The SMILES string of the molecule is Fc1cc(F)cc(Nc2nncc3c2c2cc(OCCCN4CCCC4)c(Br)cc2n3C2CC2)c1. The first-order valence-corrected chi connectivity index (χ1v) is 12.9. The number of hydrogen-bond donors (Lipinski definition) is 1. The lowest BCUT2D eigenvalue weighted by atomic mass is 10.1. The van der Waals surface area contributed by atoms with E-state index in [1.807, 2.05) is 6.07 Å². The average molecular weight is 542 g/mol. The zero-order chi connectivity index (χ0) is 23.9. The molecule has 0 unspecified atom stereocenters. The van der Waals surface area contributed by atoms with Crippen molar-refractivity contribution in [2.24, 2.45) is 0 Å². The van der Waals surface area contributed by atoms with Crippen LogP contribution in [0.5, 0.6) is 5.75 Å². The van der Waals surface area contributed by atoms with E-state index in [2.05, 4.69) is 47.0 Å². The van der Waals surface area contributed by atoms with Crippen LogP contribution >= 0.6 is 15.9 Å². The van der Waals surface area contributed by atoms with Crippen LogP contribution in [0.4, 0.5) is 20.3 Å². The third-order valence-corrected chi connectivity index (χ3v) is 7.40. The molecule has 4 aromatic rings. The normalized spacial score (nSPS) is 16.4. The molecule has 1 saturated carbocycles. The first-order chi connectivity index (χ1) is 17.1. The third kappa shape index (κ3) is 4.59. The molecule has 0 spiro atoms. The van der Waals surface area contributed by atoms with Gasteiger partial charge in [-0.1, -0.05) is 0 Å². The Kier molecular flexibility index (Phi) is 6.06. The molecule has 0 atom stereocenters. The number of aromatic nitrogens is 3. The minimum atomic E-state index is -0.651. The number of ether oxygens (including phenoxy) is 1. The van der Waals surface area contributed by atoms with Gasteiger partial charge in [-0.15, -0.1) is 5.10 Å². The molecule has 2 aromatic heterocycles. The largest absolute Gasteiger partial charge is 0.492 e. The van der Waals surface area contributed by atoms with Crippen LogP contribution < -0.4 is 10.1 Å². The molecule has 6 rings (SSSR count). The molecule has 2 aliphatic rings. The smallest absolute Gasteiger partial charge is 0.163 e. The van der Waals surface area contributed by atoms with E-state index in [1.165, 1.54) is 38.1 Å². The summed E-state index contributed by atoms with van der Waals surface area (Å²) in [5.74, 6) is -0.0734. The Morgan fingerprint density at radius 2 is 1.80 bits per heavy atom. The summed E-state index contributed by atoms with van der Waals surface area (Å²) in [6, 6.07) is 7.87. The zero-order valence-electron chi connectivity index (χ0n) is 19.2. The van der Waals surface area contributed by atoms with Crippen LogP contribution in [0.1, 0.15) is 38.1 Å². The van der Waals surface area contributed by atoms with E-state index < -0.39 is 11.6 Å². The molecule has 2 aromatic carbocycles. The minimum absolute atomic E-state index is 0.284. The summed E-state index contributed by atoms with van der Waals surface area (Å²) >= 11 is 3.71. The first kappa shape index (κ1) is 22.7. The van der Waals surface area contributed by atoms with Crippen molar-refractivity contribution in [1.29, 1.82) is 0 Å². The maximum absolute atomic E-state index is 13.8. The van der Waals surface area contributed by atoms with E-state index in [0.717, 1.165) is 63.9 Å². The molecule has 1 N–H and O–H groups in total. The van der Waals surface area contributed by atoms with Gasteiger partial charge in [0.05, 0.1) is 33.7 Å². The van der Waals surface area contributed by atoms with Gasteiger partial charge in [-0.2, -0.15) is 5.10 Å². The zero-order valence-corrected chi connectivity index (χ0v) is 20.8. The molecule has 6 nitrogen and oxygen atoms in total. The van der Waals surface area contributed by atoms with Crippen LogP contribution in [0.3, 0.4) is 0 Å². The van der Waals surface area contributed by atoms with E-state index in [9.17, 15) is 8.78 Å². The minimum Gasteiger partial charge on any atom is -0.492 e. The van der Waals surface area contributed by atoms with Crippen LogP contribution in [0.15, 0.2) is 41.0 Å². The Bertz CT molecular complexity index is 1380. The van der Waals surface area contributed by atoms with Crippen LogP contribution in [0.2, 0.25) is 0 Å². The van der Waals surface area contributed by atoms with Crippen molar-refractivity contribution in [3.05, 3.63) is 52.6 Å². The van der Waals surface area contributed by atoms with Crippen molar-refractivity contribution < 1.29 is 13.5 Å². The molecule has 0 bridgehead atoms. The predicted octanol–water partition coefficient (Wildman–Crippen LogP) is 6.57. The van der Waals surface area contributed by atoms with Crippen LogP contribution in [-0.2, 0) is 0 Å². The molecule has 9 heteroatoms. The molecule has 0 amide bonds. The fourth-order valence-electron chi connectivity index (χ4n) is 5.06. The Labute approximate surface area is 210 Å². The van der Waals surface area contributed by atoms with Crippen LogP contribution in [-0.4, -0.2) is 45.9 Å². The van der Waals surface area contributed by atoms with E-state index in [4.69, 9.17) is 4.74 Å². The highest BCUT2D eigenvalue weighted by Crippen LogP contribution is 2.46. The lowest BCUT2D eigenvalue weighted by molar-refractivity contribution is 0.262. The van der Waals surface area contributed by atoms with Gasteiger partial charge in [-0.3, -0.25) is 0 Å². The van der Waals surface area contributed by atoms with Gasteiger partial charge in [0.1, 0.15) is 17.4 Å². The Balaban J connectivity index is 1.37. The van der Waals surface area contributed by atoms with Gasteiger partial charge in [-0.25, -0.2) is 8.78 Å². The fourth-order valence-corrected chi connectivity index (χ4v) is 5.51. The van der Waals surface area contributed by atoms with Gasteiger partial charge in [0.2, 0.25) is 0 Å². The highest BCUT2D eigenvalue weighted by Gasteiger charge is 2.29. The molecular formula is C26H26BrF2N5O. The molecule has 0 radical (unpaired) electrons. The van der Waals surface area contributed by atoms with Gasteiger partial charge in [0, 0.05) is 29.7 Å². The maximum Gasteiger partial charge on any atom is 0.163 e. The van der Waals surface area contributed by atoms with Crippen molar-refractivity contribution in [3.63, 3.8) is 0 Å². The van der Waals surface area contributed by atoms with Crippen molar-refractivity contribution in [2.45, 2.75) is 38.1 Å². The number of nitrogens with one attached hydrogen (secondary N) is 1. The summed E-state index contributed by atoms with van der Waals surface area (Å²) in [7, 11) is 0. The van der Waals surface area contributed by atoms with Gasteiger partial charge in [-0.05, 0) is 85.4 Å². The summed E-state index contributed by atoms with van der Waals surface area (Å²) in [4.78, 5) is 2.48. The number of anilines is 2. The number of halogens is 3. The maximum atomic E-state index is 13.8. The van der Waals surface area contributed by atoms with Gasteiger partial charge < -0.3 is 19.5 Å². The number of likely N-dealkylation sites (tertiary alicyclic amines) is 1. The van der Waals surface area contributed by atoms with Gasteiger partial charge in [0.25, 0.3) is 0 Å². The predicted molar refractivity (Wildman–Crippen MR) is 136 cm³/mol. The summed E-state index contributed by atoms with van der Waals surface area (Å²) in [5, 5.41) is 13.4. The van der Waals surface area contributed by atoms with Gasteiger partial charge in [0.15, 0.2) is 5.82 Å². The molecule has 3 heterocycles. The molecule has 35 heavy (non-hydrogen) atoms. The van der Waals surface area contributed by atoms with Gasteiger partial charge >= 0.3 is 0 Å². The highest BCUT2D eigenvalue weighted by atomic mass is 79.9. The molecule has 182 valence electrons. The summed E-state index contributed by atoms with van der Waals surface area (Å²) in [5.41, 5.74) is 2.28. The van der Waals surface area contributed by atoms with Crippen LogP contribution in [0.25, 0.3) is 21.8 Å². The van der Waals surface area contributed by atoms with Crippen molar-refractivity contribution in [2.75, 3.05) is 31.6 Å². The van der Waals surface area contributed by atoms with E-state index >= 15 is 0 Å². The van der Waals surface area contributed by atoms with E-state index in [0.29, 0.717) is 18.5 Å². The Morgan fingerprint density at radius 3 is 2.54 bits per heavy atom. The van der Waals surface area contributed by atoms with Crippen molar-refractivity contribution in [1.82, 2.24) is 19.7 Å². The highest BCUT2D eigenvalue weighted by molar-refractivity contribution is 9.10. The molecular weight excluding hydrogens is 516 g/mol. The second-order valence-corrected chi connectivity index (χ2v) is 10.2. The van der Waals surface area contributed by atoms with Crippen molar-refractivity contribution >= 4 is 49.2 Å². The molecule has 1 aliphatic heterocycles. The Morgan fingerprint density at radius 1 is 1.03 bits per heavy atom. The summed E-state index contributed by atoms with van der Waals surface area (Å²) < 4.78 is 37.0. The lowest BCUT2D eigenvalue weighted by Gasteiger charge is -2.15. The monoisotopic (exact) mass is 541 g/mol.